The van der Waals surface area contributed by atoms with Crippen molar-refractivity contribution >= 4 is 10.1 Å². The van der Waals surface area contributed by atoms with Gasteiger partial charge in [-0.1, -0.05) is 17.7 Å². The Kier molecular flexibility index (Phi) is 4.93. The van der Waals surface area contributed by atoms with Gasteiger partial charge < -0.3 is 4.74 Å². The molecule has 1 saturated heterocycles. The molecule has 19 heavy (non-hydrogen) atoms. The van der Waals surface area contributed by atoms with Crippen molar-refractivity contribution in [2.24, 2.45) is 0 Å². The molecule has 1 aromatic rings. The summed E-state index contributed by atoms with van der Waals surface area (Å²) in [4.78, 5) is 2.34. The maximum atomic E-state index is 11.9. The number of benzene rings is 1. The van der Waals surface area contributed by atoms with E-state index in [1.807, 2.05) is 6.92 Å². The van der Waals surface area contributed by atoms with Crippen LogP contribution in [-0.4, -0.2) is 52.8 Å². The highest BCUT2D eigenvalue weighted by Gasteiger charge is 2.16. The summed E-state index contributed by atoms with van der Waals surface area (Å²) in [6, 6.07) is 6.66. The minimum atomic E-state index is -3.64. The zero-order valence-corrected chi connectivity index (χ0v) is 11.9. The Morgan fingerprint density at radius 3 is 2.47 bits per heavy atom. The Bertz CT molecular complexity index is 492. The molecule has 0 bridgehead atoms. The molecule has 5 nitrogen and oxygen atoms in total. The Morgan fingerprint density at radius 2 is 1.84 bits per heavy atom. The van der Waals surface area contributed by atoms with Gasteiger partial charge >= 0.3 is 0 Å². The minimum absolute atomic E-state index is 0.177. The second-order valence-corrected chi connectivity index (χ2v) is 6.16. The van der Waals surface area contributed by atoms with Gasteiger partial charge in [-0.25, -0.2) is 0 Å². The topological polar surface area (TPSA) is 55.8 Å². The number of rotatable bonds is 5. The maximum Gasteiger partial charge on any atom is 0.297 e. The largest absolute Gasteiger partial charge is 0.379 e. The first-order chi connectivity index (χ1) is 9.08. The van der Waals surface area contributed by atoms with Crippen LogP contribution >= 0.6 is 0 Å². The molecule has 106 valence electrons. The van der Waals surface area contributed by atoms with E-state index in [1.54, 1.807) is 24.3 Å². The molecule has 1 fully saturated rings. The Balaban J connectivity index is 1.85. The number of ether oxygens (including phenoxy) is 1. The standard InChI is InChI=1S/C13H19NO4S/c1-12-2-4-13(5-3-12)19(15,16)18-11-8-14-6-9-17-10-7-14/h2-5H,6-11H2,1H3. The van der Waals surface area contributed by atoms with Crippen molar-refractivity contribution in [3.05, 3.63) is 29.8 Å². The number of morpholine rings is 1. The third-order valence-electron chi connectivity index (χ3n) is 3.06. The molecular formula is C13H19NO4S. The SMILES string of the molecule is Cc1ccc(S(=O)(=O)OCCN2CCOCC2)cc1. The molecule has 0 radical (unpaired) electrons. The van der Waals surface area contributed by atoms with Gasteiger partial charge in [-0.05, 0) is 19.1 Å². The summed E-state index contributed by atoms with van der Waals surface area (Å²) in [5, 5.41) is 0. The van der Waals surface area contributed by atoms with Crippen LogP contribution in [0.4, 0.5) is 0 Å². The molecule has 0 aromatic heterocycles. The highest BCUT2D eigenvalue weighted by atomic mass is 32.2. The van der Waals surface area contributed by atoms with E-state index < -0.39 is 10.1 Å². The van der Waals surface area contributed by atoms with Gasteiger partial charge in [-0.15, -0.1) is 0 Å². The van der Waals surface area contributed by atoms with E-state index in [0.717, 1.165) is 18.7 Å². The molecule has 1 aromatic carbocycles. The lowest BCUT2D eigenvalue weighted by Gasteiger charge is -2.26. The molecule has 0 atom stereocenters. The Labute approximate surface area is 114 Å². The lowest BCUT2D eigenvalue weighted by atomic mass is 10.2. The van der Waals surface area contributed by atoms with Crippen LogP contribution < -0.4 is 0 Å². The molecule has 6 heteroatoms. The molecule has 0 spiro atoms. The van der Waals surface area contributed by atoms with Crippen molar-refractivity contribution in [2.45, 2.75) is 11.8 Å². The van der Waals surface area contributed by atoms with Crippen molar-refractivity contribution in [3.8, 4) is 0 Å². The van der Waals surface area contributed by atoms with E-state index >= 15 is 0 Å². The predicted molar refractivity (Wildman–Crippen MR) is 71.6 cm³/mol. The molecule has 0 unspecified atom stereocenters. The van der Waals surface area contributed by atoms with Gasteiger partial charge in [0.1, 0.15) is 0 Å². The van der Waals surface area contributed by atoms with Crippen LogP contribution in [0.1, 0.15) is 5.56 Å². The number of hydrogen-bond acceptors (Lipinski definition) is 5. The van der Waals surface area contributed by atoms with E-state index in [4.69, 9.17) is 8.92 Å². The summed E-state index contributed by atoms with van der Waals surface area (Å²) < 4.78 is 34.1. The van der Waals surface area contributed by atoms with Gasteiger partial charge in [-0.2, -0.15) is 8.42 Å². The van der Waals surface area contributed by atoms with Crippen molar-refractivity contribution in [1.82, 2.24) is 4.90 Å². The van der Waals surface area contributed by atoms with Crippen molar-refractivity contribution in [3.63, 3.8) is 0 Å². The van der Waals surface area contributed by atoms with Crippen LogP contribution in [0.25, 0.3) is 0 Å². The normalized spacial score (nSPS) is 17.5. The predicted octanol–water partition coefficient (Wildman–Crippen LogP) is 1.03. The van der Waals surface area contributed by atoms with E-state index in [9.17, 15) is 8.42 Å². The fraction of sp³-hybridized carbons (Fsp3) is 0.538. The molecule has 1 aliphatic heterocycles. The van der Waals surface area contributed by atoms with E-state index in [2.05, 4.69) is 4.90 Å². The molecule has 0 amide bonds. The third kappa shape index (κ3) is 4.28. The highest BCUT2D eigenvalue weighted by molar-refractivity contribution is 7.86. The average molecular weight is 285 g/mol. The quantitative estimate of drug-likeness (QED) is 0.756. The fourth-order valence-electron chi connectivity index (χ4n) is 1.87. The fourth-order valence-corrected chi connectivity index (χ4v) is 2.77. The summed E-state index contributed by atoms with van der Waals surface area (Å²) in [6.07, 6.45) is 0. The smallest absolute Gasteiger partial charge is 0.297 e. The first-order valence-electron chi connectivity index (χ1n) is 6.34. The van der Waals surface area contributed by atoms with Crippen LogP contribution in [0.5, 0.6) is 0 Å². The summed E-state index contributed by atoms with van der Waals surface area (Å²) in [6.45, 7) is 5.75. The number of hydrogen-bond donors (Lipinski definition) is 0. The van der Waals surface area contributed by atoms with Gasteiger partial charge in [0.2, 0.25) is 0 Å². The van der Waals surface area contributed by atoms with Crippen molar-refractivity contribution in [1.29, 1.82) is 0 Å². The first kappa shape index (κ1) is 14.5. The molecule has 2 rings (SSSR count). The zero-order valence-electron chi connectivity index (χ0n) is 11.0. The van der Waals surface area contributed by atoms with Crippen molar-refractivity contribution < 1.29 is 17.3 Å². The maximum absolute atomic E-state index is 11.9. The van der Waals surface area contributed by atoms with Gasteiger partial charge in [0.05, 0.1) is 24.7 Å². The molecule has 0 aliphatic carbocycles. The molecule has 1 aliphatic rings. The van der Waals surface area contributed by atoms with Gasteiger partial charge in [0.15, 0.2) is 0 Å². The second-order valence-electron chi connectivity index (χ2n) is 4.54. The second kappa shape index (κ2) is 6.47. The highest BCUT2D eigenvalue weighted by Crippen LogP contribution is 2.13. The summed E-state index contributed by atoms with van der Waals surface area (Å²) in [7, 11) is -3.64. The molecular weight excluding hydrogens is 266 g/mol. The zero-order chi connectivity index (χ0) is 13.7. The third-order valence-corrected chi connectivity index (χ3v) is 4.39. The van der Waals surface area contributed by atoms with Crippen LogP contribution in [0, 0.1) is 6.92 Å². The summed E-state index contributed by atoms with van der Waals surface area (Å²) in [5.41, 5.74) is 1.02. The first-order valence-corrected chi connectivity index (χ1v) is 7.75. The van der Waals surface area contributed by atoms with Crippen LogP contribution in [0.2, 0.25) is 0 Å². The summed E-state index contributed by atoms with van der Waals surface area (Å²) >= 11 is 0. The molecule has 1 heterocycles. The van der Waals surface area contributed by atoms with Crippen LogP contribution in [-0.2, 0) is 19.0 Å². The van der Waals surface area contributed by atoms with Gasteiger partial charge in [0, 0.05) is 19.6 Å². The Hall–Kier alpha value is -0.950. The van der Waals surface area contributed by atoms with Crippen LogP contribution in [0.15, 0.2) is 29.2 Å². The average Bonchev–Trinajstić information content (AvgIpc) is 2.40. The van der Waals surface area contributed by atoms with Crippen LogP contribution in [0.3, 0.4) is 0 Å². The monoisotopic (exact) mass is 285 g/mol. The van der Waals surface area contributed by atoms with Crippen molar-refractivity contribution in [2.75, 3.05) is 39.5 Å². The minimum Gasteiger partial charge on any atom is -0.379 e. The lowest BCUT2D eigenvalue weighted by Crippen LogP contribution is -2.38. The van der Waals surface area contributed by atoms with Gasteiger partial charge in [0.25, 0.3) is 10.1 Å². The van der Waals surface area contributed by atoms with E-state index in [1.165, 1.54) is 0 Å². The lowest BCUT2D eigenvalue weighted by molar-refractivity contribution is 0.0326. The Morgan fingerprint density at radius 1 is 1.21 bits per heavy atom. The molecule has 0 N–H and O–H groups in total. The number of nitrogens with zero attached hydrogens (tertiary/aromatic N) is 1. The molecule has 0 saturated carbocycles. The van der Waals surface area contributed by atoms with Gasteiger partial charge in [-0.3, -0.25) is 9.08 Å². The summed E-state index contributed by atoms with van der Waals surface area (Å²) in [5.74, 6) is 0. The van der Waals surface area contributed by atoms with E-state index in [0.29, 0.717) is 19.8 Å². The van der Waals surface area contributed by atoms with E-state index in [-0.39, 0.29) is 11.5 Å². The number of aryl methyl sites for hydroxylation is 1.